The Bertz CT molecular complexity index is 131. The van der Waals surface area contributed by atoms with Crippen molar-refractivity contribution >= 4 is 23.2 Å². The second kappa shape index (κ2) is 2.68. The van der Waals surface area contributed by atoms with Gasteiger partial charge in [0.05, 0.1) is 0 Å². The predicted molar refractivity (Wildman–Crippen MR) is 36.8 cm³/mol. The zero-order valence-electron chi connectivity index (χ0n) is 5.84. The van der Waals surface area contributed by atoms with E-state index in [-0.39, 0.29) is 0 Å². The lowest BCUT2D eigenvalue weighted by Gasteiger charge is -2.33. The van der Waals surface area contributed by atoms with Crippen molar-refractivity contribution < 1.29 is 18.3 Å². The van der Waals surface area contributed by atoms with E-state index in [4.69, 9.17) is 28.3 Å². The Hall–Kier alpha value is 0.330. The summed E-state index contributed by atoms with van der Waals surface area (Å²) < 4.78 is 32.6. The lowest BCUT2D eigenvalue weighted by atomic mass is 10.0. The molecule has 1 N–H and O–H groups in total. The Balaban J connectivity index is 4.75. The Kier molecular flexibility index (Phi) is 2.76. The van der Waals surface area contributed by atoms with E-state index < -0.39 is 16.1 Å². The van der Waals surface area contributed by atoms with Crippen LogP contribution in [0, 0.1) is 0 Å². The molecule has 0 saturated heterocycles. The molecule has 0 aromatic carbocycles. The van der Waals surface area contributed by atoms with Gasteiger partial charge in [0.25, 0.3) is 0 Å². The lowest BCUT2D eigenvalue weighted by Crippen LogP contribution is -2.51. The van der Waals surface area contributed by atoms with Gasteiger partial charge in [-0.2, -0.15) is 13.2 Å². The Morgan fingerprint density at radius 1 is 1.09 bits per heavy atom. The van der Waals surface area contributed by atoms with E-state index >= 15 is 0 Å². The maximum absolute atomic E-state index is 11.9. The van der Waals surface area contributed by atoms with E-state index in [9.17, 15) is 13.2 Å². The summed E-state index contributed by atoms with van der Waals surface area (Å²) in [5, 5.41) is 8.90. The van der Waals surface area contributed by atoms with Crippen LogP contribution in [-0.2, 0) is 0 Å². The molecule has 1 nitrogen and oxygen atoms in total. The summed E-state index contributed by atoms with van der Waals surface area (Å²) in [7, 11) is 0. The third-order valence-corrected chi connectivity index (χ3v) is 2.48. The van der Waals surface area contributed by atoms with E-state index in [1.54, 1.807) is 0 Å². The normalized spacial score (nSPS) is 15.3. The molecule has 0 rings (SSSR count). The predicted octanol–water partition coefficient (Wildman–Crippen LogP) is 2.49. The van der Waals surface area contributed by atoms with Crippen LogP contribution in [0.15, 0.2) is 0 Å². The minimum atomic E-state index is -4.84. The summed E-state index contributed by atoms with van der Waals surface area (Å²) >= 11 is 9.76. The van der Waals surface area contributed by atoms with Crippen LogP contribution in [0.25, 0.3) is 0 Å². The average Bonchev–Trinajstić information content (AvgIpc) is 1.58. The molecule has 11 heavy (non-hydrogen) atoms. The third kappa shape index (κ3) is 2.13. The van der Waals surface area contributed by atoms with Crippen molar-refractivity contribution in [3.05, 3.63) is 0 Å². The van der Waals surface area contributed by atoms with Gasteiger partial charge in [0, 0.05) is 0 Å². The van der Waals surface area contributed by atoms with Crippen LogP contribution in [0.1, 0.15) is 13.8 Å². The molecule has 0 unspecified atom stereocenters. The van der Waals surface area contributed by atoms with Gasteiger partial charge < -0.3 is 5.11 Å². The molecular formula is C5H7Cl2F3O. The average molecular weight is 211 g/mol. The molecule has 0 aliphatic rings. The molecule has 0 heterocycles. The molecule has 0 spiro atoms. The highest BCUT2D eigenvalue weighted by Crippen LogP contribution is 2.47. The van der Waals surface area contributed by atoms with Gasteiger partial charge in [-0.1, -0.05) is 23.2 Å². The molecule has 0 fully saturated rings. The minimum Gasteiger partial charge on any atom is -0.387 e. The third-order valence-electron chi connectivity index (χ3n) is 1.12. The van der Waals surface area contributed by atoms with Gasteiger partial charge in [-0.3, -0.25) is 0 Å². The fraction of sp³-hybridized carbons (Fsp3) is 1.00. The number of aliphatic hydroxyl groups is 1. The zero-order chi connectivity index (χ0) is 9.50. The Labute approximate surface area is 72.1 Å². The Morgan fingerprint density at radius 3 is 1.36 bits per heavy atom. The van der Waals surface area contributed by atoms with Gasteiger partial charge in [0.1, 0.15) is 5.60 Å². The van der Waals surface area contributed by atoms with E-state index in [0.717, 1.165) is 13.8 Å². The van der Waals surface area contributed by atoms with Crippen LogP contribution in [0.5, 0.6) is 0 Å². The van der Waals surface area contributed by atoms with Crippen LogP contribution in [-0.4, -0.2) is 21.2 Å². The van der Waals surface area contributed by atoms with Crippen molar-refractivity contribution in [2.24, 2.45) is 0 Å². The van der Waals surface area contributed by atoms with Crippen LogP contribution < -0.4 is 0 Å². The van der Waals surface area contributed by atoms with Crippen molar-refractivity contribution in [2.45, 2.75) is 30.0 Å². The van der Waals surface area contributed by atoms with Gasteiger partial charge in [-0.25, -0.2) is 0 Å². The zero-order valence-corrected chi connectivity index (χ0v) is 7.35. The molecule has 0 saturated carbocycles. The molecule has 0 aromatic heterocycles. The largest absolute Gasteiger partial charge is 0.424 e. The van der Waals surface area contributed by atoms with E-state index in [1.165, 1.54) is 0 Å². The first-order valence-electron chi connectivity index (χ1n) is 2.67. The first-order chi connectivity index (χ1) is 4.50. The van der Waals surface area contributed by atoms with Crippen LogP contribution in [0.3, 0.4) is 0 Å². The number of halogens is 5. The highest BCUT2D eigenvalue weighted by molar-refractivity contribution is 6.49. The topological polar surface area (TPSA) is 20.2 Å². The van der Waals surface area contributed by atoms with Gasteiger partial charge >= 0.3 is 6.18 Å². The highest BCUT2D eigenvalue weighted by atomic mass is 35.5. The quantitative estimate of drug-likeness (QED) is 0.660. The van der Waals surface area contributed by atoms with Gasteiger partial charge in [-0.05, 0) is 13.8 Å². The van der Waals surface area contributed by atoms with Crippen LogP contribution in [0.2, 0.25) is 0 Å². The van der Waals surface area contributed by atoms with Crippen molar-refractivity contribution in [3.63, 3.8) is 0 Å². The lowest BCUT2D eigenvalue weighted by molar-refractivity contribution is -0.177. The van der Waals surface area contributed by atoms with Crippen LogP contribution >= 0.6 is 23.2 Å². The number of hydrogen-bond acceptors (Lipinski definition) is 1. The molecule has 6 heteroatoms. The monoisotopic (exact) mass is 210 g/mol. The van der Waals surface area contributed by atoms with Crippen molar-refractivity contribution in [3.8, 4) is 0 Å². The standard InChI is InChI=1S/C5H7Cl2F3O/c1-3(2,11)4(6,7)5(8,9)10/h11H,1-2H3. The first-order valence-corrected chi connectivity index (χ1v) is 3.42. The second-order valence-corrected chi connectivity index (χ2v) is 3.96. The van der Waals surface area contributed by atoms with Crippen LogP contribution in [0.4, 0.5) is 13.2 Å². The number of rotatable bonds is 1. The van der Waals surface area contributed by atoms with E-state index in [1.807, 2.05) is 0 Å². The van der Waals surface area contributed by atoms with Gasteiger partial charge in [-0.15, -0.1) is 0 Å². The van der Waals surface area contributed by atoms with Crippen molar-refractivity contribution in [1.82, 2.24) is 0 Å². The number of hydrogen-bond donors (Lipinski definition) is 1. The van der Waals surface area contributed by atoms with Gasteiger partial charge in [0.15, 0.2) is 0 Å². The molecular weight excluding hydrogens is 204 g/mol. The molecule has 0 aromatic rings. The fourth-order valence-corrected chi connectivity index (χ4v) is 0.347. The van der Waals surface area contributed by atoms with E-state index in [0.29, 0.717) is 0 Å². The first kappa shape index (κ1) is 11.3. The fourth-order valence-electron chi connectivity index (χ4n) is 0.347. The maximum atomic E-state index is 11.9. The summed E-state index contributed by atoms with van der Waals surface area (Å²) in [5.74, 6) is 0. The second-order valence-electron chi connectivity index (χ2n) is 2.63. The van der Waals surface area contributed by atoms with E-state index in [2.05, 4.69) is 0 Å². The molecule has 0 aliphatic carbocycles. The Morgan fingerprint density at radius 2 is 1.36 bits per heavy atom. The van der Waals surface area contributed by atoms with Gasteiger partial charge in [0.2, 0.25) is 4.33 Å². The molecule has 68 valence electrons. The molecule has 0 aliphatic heterocycles. The summed E-state index contributed by atoms with van der Waals surface area (Å²) in [5.41, 5.74) is -2.21. The minimum absolute atomic E-state index is 0.889. The summed E-state index contributed by atoms with van der Waals surface area (Å²) in [6.07, 6.45) is -4.84. The summed E-state index contributed by atoms with van der Waals surface area (Å²) in [6, 6.07) is 0. The molecule has 0 radical (unpaired) electrons. The molecule has 0 bridgehead atoms. The molecule has 0 atom stereocenters. The SMILES string of the molecule is CC(C)(O)C(Cl)(Cl)C(F)(F)F. The van der Waals surface area contributed by atoms with Crippen molar-refractivity contribution in [2.75, 3.05) is 0 Å². The highest BCUT2D eigenvalue weighted by Gasteiger charge is 2.61. The maximum Gasteiger partial charge on any atom is 0.424 e. The number of alkyl halides is 5. The summed E-state index contributed by atoms with van der Waals surface area (Å²) in [6.45, 7) is 1.78. The summed E-state index contributed by atoms with van der Waals surface area (Å²) in [4.78, 5) is 0. The molecule has 0 amide bonds. The smallest absolute Gasteiger partial charge is 0.387 e. The van der Waals surface area contributed by atoms with Crippen molar-refractivity contribution in [1.29, 1.82) is 0 Å².